The summed E-state index contributed by atoms with van der Waals surface area (Å²) < 4.78 is 37.4. The van der Waals surface area contributed by atoms with Crippen molar-refractivity contribution in [2.75, 3.05) is 0 Å². The molecule has 0 aliphatic carbocycles. The summed E-state index contributed by atoms with van der Waals surface area (Å²) in [6.07, 6.45) is -2.85. The van der Waals surface area contributed by atoms with E-state index >= 15 is 0 Å². The molecule has 1 aromatic rings. The van der Waals surface area contributed by atoms with Crippen molar-refractivity contribution in [3.05, 3.63) is 27.7 Å². The molecule has 0 aromatic carbocycles. The Balaban J connectivity index is 3.23. The van der Waals surface area contributed by atoms with E-state index in [-0.39, 0.29) is 10.0 Å². The number of carbonyl (C=O) groups is 1. The van der Waals surface area contributed by atoms with Gasteiger partial charge in [0.15, 0.2) is 0 Å². The lowest BCUT2D eigenvalue weighted by atomic mass is 10.1. The summed E-state index contributed by atoms with van der Waals surface area (Å²) in [7, 11) is 0. The fraction of sp³-hybridized carbons (Fsp3) is 0.250. The van der Waals surface area contributed by atoms with Crippen molar-refractivity contribution in [3.8, 4) is 0 Å². The molecule has 1 heterocycles. The Kier molecular flexibility index (Phi) is 3.67. The van der Waals surface area contributed by atoms with Gasteiger partial charge in [0.2, 0.25) is 5.95 Å². The number of alkyl halides is 2. The van der Waals surface area contributed by atoms with Crippen molar-refractivity contribution in [1.29, 1.82) is 0 Å². The zero-order chi connectivity index (χ0) is 11.6. The van der Waals surface area contributed by atoms with Gasteiger partial charge in [-0.2, -0.15) is 4.39 Å². The molecule has 0 saturated heterocycles. The third-order valence-electron chi connectivity index (χ3n) is 1.65. The van der Waals surface area contributed by atoms with Gasteiger partial charge in [0, 0.05) is 16.2 Å². The van der Waals surface area contributed by atoms with E-state index in [0.717, 1.165) is 0 Å². The van der Waals surface area contributed by atoms with Crippen LogP contribution >= 0.6 is 15.9 Å². The maximum Gasteiger partial charge on any atom is 0.308 e. The van der Waals surface area contributed by atoms with E-state index in [4.69, 9.17) is 5.11 Å². The Bertz CT molecular complexity index is 398. The molecule has 0 spiro atoms. The fourth-order valence-electron chi connectivity index (χ4n) is 0.979. The van der Waals surface area contributed by atoms with Crippen molar-refractivity contribution in [2.45, 2.75) is 12.8 Å². The van der Waals surface area contributed by atoms with Crippen LogP contribution in [0, 0.1) is 5.95 Å². The van der Waals surface area contributed by atoms with Gasteiger partial charge in [-0.3, -0.25) is 4.79 Å². The van der Waals surface area contributed by atoms with Crippen molar-refractivity contribution in [1.82, 2.24) is 4.98 Å². The lowest BCUT2D eigenvalue weighted by Gasteiger charge is -2.07. The summed E-state index contributed by atoms with van der Waals surface area (Å²) in [5, 5.41) is 8.44. The van der Waals surface area contributed by atoms with Crippen LogP contribution in [0.5, 0.6) is 0 Å². The molecule has 0 aliphatic rings. The van der Waals surface area contributed by atoms with Gasteiger partial charge >= 0.3 is 5.97 Å². The molecule has 0 fully saturated rings. The Labute approximate surface area is 91.1 Å². The molecule has 0 amide bonds. The molecular weight excluding hydrogens is 279 g/mol. The molecule has 0 unspecified atom stereocenters. The van der Waals surface area contributed by atoms with E-state index in [0.29, 0.717) is 6.20 Å². The summed E-state index contributed by atoms with van der Waals surface area (Å²) in [4.78, 5) is 13.4. The van der Waals surface area contributed by atoms with Crippen molar-refractivity contribution >= 4 is 21.9 Å². The molecule has 3 nitrogen and oxygen atoms in total. The SMILES string of the molecule is O=C(O)Cc1c(F)ncc(C(F)F)c1Br. The van der Waals surface area contributed by atoms with Gasteiger partial charge < -0.3 is 5.11 Å². The Morgan fingerprint density at radius 3 is 2.67 bits per heavy atom. The zero-order valence-electron chi connectivity index (χ0n) is 7.18. The van der Waals surface area contributed by atoms with Crippen LogP contribution in [-0.2, 0) is 11.2 Å². The number of hydrogen-bond donors (Lipinski definition) is 1. The lowest BCUT2D eigenvalue weighted by molar-refractivity contribution is -0.136. The van der Waals surface area contributed by atoms with Gasteiger partial charge in [-0.25, -0.2) is 13.8 Å². The molecule has 15 heavy (non-hydrogen) atoms. The number of aliphatic carboxylic acids is 1. The number of halogens is 4. The monoisotopic (exact) mass is 283 g/mol. The summed E-state index contributed by atoms with van der Waals surface area (Å²) in [5.41, 5.74) is -0.895. The minimum atomic E-state index is -2.83. The maximum atomic E-state index is 13.0. The van der Waals surface area contributed by atoms with Crippen LogP contribution in [0.1, 0.15) is 17.6 Å². The van der Waals surface area contributed by atoms with E-state index in [1.54, 1.807) is 0 Å². The van der Waals surface area contributed by atoms with Crippen molar-refractivity contribution < 1.29 is 23.1 Å². The third-order valence-corrected chi connectivity index (χ3v) is 2.58. The maximum absolute atomic E-state index is 13.0. The minimum absolute atomic E-state index is 0.243. The molecule has 0 radical (unpaired) electrons. The molecule has 1 N–H and O–H groups in total. The van der Waals surface area contributed by atoms with Gasteiger partial charge in [0.05, 0.1) is 12.0 Å². The number of carboxylic acid groups (broad SMARTS) is 1. The Hall–Kier alpha value is -1.11. The van der Waals surface area contributed by atoms with Crippen molar-refractivity contribution in [2.24, 2.45) is 0 Å². The summed E-state index contributed by atoms with van der Waals surface area (Å²) in [6.45, 7) is 0. The fourth-order valence-corrected chi connectivity index (χ4v) is 1.56. The van der Waals surface area contributed by atoms with E-state index < -0.39 is 30.3 Å². The predicted molar refractivity (Wildman–Crippen MR) is 48.2 cm³/mol. The normalized spacial score (nSPS) is 10.7. The van der Waals surface area contributed by atoms with E-state index in [9.17, 15) is 18.0 Å². The van der Waals surface area contributed by atoms with E-state index in [1.165, 1.54) is 0 Å². The van der Waals surface area contributed by atoms with Crippen LogP contribution in [0.15, 0.2) is 10.7 Å². The third kappa shape index (κ3) is 2.68. The molecule has 0 bridgehead atoms. The van der Waals surface area contributed by atoms with Gasteiger partial charge in [-0.1, -0.05) is 0 Å². The first-order valence-corrected chi connectivity index (χ1v) is 4.55. The predicted octanol–water partition coefficient (Wildman–Crippen LogP) is 2.55. The molecule has 82 valence electrons. The molecule has 1 aromatic heterocycles. The van der Waals surface area contributed by atoms with Gasteiger partial charge in [-0.05, 0) is 15.9 Å². The van der Waals surface area contributed by atoms with E-state index in [2.05, 4.69) is 20.9 Å². The number of hydrogen-bond acceptors (Lipinski definition) is 2. The lowest BCUT2D eigenvalue weighted by Crippen LogP contribution is -2.07. The van der Waals surface area contributed by atoms with Gasteiger partial charge in [0.1, 0.15) is 0 Å². The number of carboxylic acids is 1. The van der Waals surface area contributed by atoms with Crippen LogP contribution in [0.2, 0.25) is 0 Å². The first-order chi connectivity index (χ1) is 6.93. The van der Waals surface area contributed by atoms with Crippen LogP contribution < -0.4 is 0 Å². The van der Waals surface area contributed by atoms with Gasteiger partial charge in [-0.15, -0.1) is 0 Å². The number of rotatable bonds is 3. The van der Waals surface area contributed by atoms with Crippen LogP contribution in [0.4, 0.5) is 13.2 Å². The number of aromatic nitrogens is 1. The van der Waals surface area contributed by atoms with Crippen LogP contribution in [0.25, 0.3) is 0 Å². The highest BCUT2D eigenvalue weighted by Gasteiger charge is 2.20. The second-order valence-corrected chi connectivity index (χ2v) is 3.46. The second kappa shape index (κ2) is 4.61. The topological polar surface area (TPSA) is 50.2 Å². The summed E-state index contributed by atoms with van der Waals surface area (Å²) >= 11 is 2.74. The molecule has 0 atom stereocenters. The molecule has 0 saturated carbocycles. The Morgan fingerprint density at radius 2 is 2.20 bits per heavy atom. The smallest absolute Gasteiger partial charge is 0.308 e. The minimum Gasteiger partial charge on any atom is -0.481 e. The second-order valence-electron chi connectivity index (χ2n) is 2.67. The first kappa shape index (κ1) is 12.0. The van der Waals surface area contributed by atoms with Crippen molar-refractivity contribution in [3.63, 3.8) is 0 Å². The molecule has 7 heteroatoms. The standard InChI is InChI=1S/C8H5BrF3NO2/c9-6-3(1-5(14)15)8(12)13-2-4(6)7(10)11/h2,7H,1H2,(H,14,15). The molecule has 1 rings (SSSR count). The first-order valence-electron chi connectivity index (χ1n) is 3.76. The number of nitrogens with zero attached hydrogens (tertiary/aromatic N) is 1. The Morgan fingerprint density at radius 1 is 1.60 bits per heavy atom. The number of pyridine rings is 1. The highest BCUT2D eigenvalue weighted by molar-refractivity contribution is 9.10. The van der Waals surface area contributed by atoms with E-state index in [1.807, 2.05) is 0 Å². The average molecular weight is 284 g/mol. The summed E-state index contributed by atoms with van der Waals surface area (Å²) in [6, 6.07) is 0. The van der Waals surface area contributed by atoms with Gasteiger partial charge in [0.25, 0.3) is 6.43 Å². The molecular formula is C8H5BrF3NO2. The highest BCUT2D eigenvalue weighted by Crippen LogP contribution is 2.30. The quantitative estimate of drug-likeness (QED) is 0.868. The summed E-state index contributed by atoms with van der Waals surface area (Å²) in [5.74, 6) is -2.38. The van der Waals surface area contributed by atoms with Crippen LogP contribution in [-0.4, -0.2) is 16.1 Å². The highest BCUT2D eigenvalue weighted by atomic mass is 79.9. The molecule has 0 aliphatic heterocycles. The average Bonchev–Trinajstić information content (AvgIpc) is 2.11. The largest absolute Gasteiger partial charge is 0.481 e. The van der Waals surface area contributed by atoms with Crippen LogP contribution in [0.3, 0.4) is 0 Å². The zero-order valence-corrected chi connectivity index (χ0v) is 8.76.